The Balaban J connectivity index is 2.67. The molecule has 0 aliphatic carbocycles. The normalized spacial score (nSPS) is 13.3. The van der Waals surface area contributed by atoms with E-state index >= 15 is 0 Å². The van der Waals surface area contributed by atoms with Crippen LogP contribution in [0.3, 0.4) is 0 Å². The molecular formula is C11H11ClF3N3. The maximum atomic E-state index is 12.6. The van der Waals surface area contributed by atoms with Crippen molar-refractivity contribution in [2.75, 3.05) is 0 Å². The second-order valence-electron chi connectivity index (χ2n) is 5.02. The van der Waals surface area contributed by atoms with Gasteiger partial charge in [-0.1, -0.05) is 32.4 Å². The third-order valence-electron chi connectivity index (χ3n) is 2.39. The van der Waals surface area contributed by atoms with Crippen molar-refractivity contribution < 1.29 is 13.2 Å². The van der Waals surface area contributed by atoms with Crippen LogP contribution in [-0.4, -0.2) is 14.6 Å². The van der Waals surface area contributed by atoms with Crippen LogP contribution in [0, 0.1) is 0 Å². The molecule has 0 fully saturated rings. The molecule has 0 aliphatic heterocycles. The highest BCUT2D eigenvalue weighted by atomic mass is 35.5. The molecule has 2 aromatic heterocycles. The molecule has 7 heteroatoms. The standard InChI is InChI=1S/C11H11ClF3N3/c1-10(2,3)9-16-8-5-6(11(13,14)15)4-7(12)18(8)17-9/h4-5H,1-3H3. The van der Waals surface area contributed by atoms with E-state index in [1.807, 2.05) is 20.8 Å². The summed E-state index contributed by atoms with van der Waals surface area (Å²) in [5.41, 5.74) is -1.08. The lowest BCUT2D eigenvalue weighted by Crippen LogP contribution is -2.13. The average Bonchev–Trinajstić information content (AvgIpc) is 2.59. The number of fused-ring (bicyclic) bond motifs is 1. The van der Waals surface area contributed by atoms with Crippen molar-refractivity contribution in [3.05, 3.63) is 28.7 Å². The molecule has 2 rings (SSSR count). The van der Waals surface area contributed by atoms with Gasteiger partial charge in [-0.05, 0) is 12.1 Å². The van der Waals surface area contributed by atoms with Gasteiger partial charge in [-0.2, -0.15) is 13.2 Å². The molecular weight excluding hydrogens is 267 g/mol. The first-order valence-corrected chi connectivity index (χ1v) is 5.61. The number of aromatic nitrogens is 3. The van der Waals surface area contributed by atoms with Gasteiger partial charge in [0, 0.05) is 5.41 Å². The van der Waals surface area contributed by atoms with Crippen molar-refractivity contribution in [3.8, 4) is 0 Å². The lowest BCUT2D eigenvalue weighted by molar-refractivity contribution is -0.137. The highest BCUT2D eigenvalue weighted by Crippen LogP contribution is 2.32. The second-order valence-corrected chi connectivity index (χ2v) is 5.41. The second kappa shape index (κ2) is 3.85. The van der Waals surface area contributed by atoms with Gasteiger partial charge < -0.3 is 0 Å². The number of alkyl halides is 3. The third-order valence-corrected chi connectivity index (χ3v) is 2.66. The minimum Gasteiger partial charge on any atom is -0.211 e. The van der Waals surface area contributed by atoms with Gasteiger partial charge in [-0.3, -0.25) is 0 Å². The van der Waals surface area contributed by atoms with Crippen molar-refractivity contribution in [1.82, 2.24) is 14.6 Å². The number of nitrogens with zero attached hydrogens (tertiary/aromatic N) is 3. The van der Waals surface area contributed by atoms with Crippen LogP contribution in [0.25, 0.3) is 5.65 Å². The molecule has 0 bridgehead atoms. The molecule has 2 aromatic rings. The van der Waals surface area contributed by atoms with Crippen molar-refractivity contribution in [1.29, 1.82) is 0 Å². The van der Waals surface area contributed by atoms with Crippen LogP contribution in [0.4, 0.5) is 13.2 Å². The molecule has 0 N–H and O–H groups in total. The summed E-state index contributed by atoms with van der Waals surface area (Å²) >= 11 is 5.79. The maximum Gasteiger partial charge on any atom is 0.416 e. The molecule has 98 valence electrons. The van der Waals surface area contributed by atoms with Crippen LogP contribution in [0.5, 0.6) is 0 Å². The molecule has 0 aromatic carbocycles. The van der Waals surface area contributed by atoms with Gasteiger partial charge in [-0.25, -0.2) is 9.50 Å². The largest absolute Gasteiger partial charge is 0.416 e. The van der Waals surface area contributed by atoms with Gasteiger partial charge in [0.05, 0.1) is 5.56 Å². The number of rotatable bonds is 0. The van der Waals surface area contributed by atoms with E-state index in [0.29, 0.717) is 5.82 Å². The zero-order chi connectivity index (χ0) is 13.7. The monoisotopic (exact) mass is 277 g/mol. The Morgan fingerprint density at radius 3 is 2.28 bits per heavy atom. The Kier molecular flexibility index (Phi) is 2.81. The first-order chi connectivity index (χ1) is 8.09. The molecule has 18 heavy (non-hydrogen) atoms. The summed E-state index contributed by atoms with van der Waals surface area (Å²) in [7, 11) is 0. The minimum atomic E-state index is -4.45. The fourth-order valence-corrected chi connectivity index (χ4v) is 1.67. The summed E-state index contributed by atoms with van der Waals surface area (Å²) in [5.74, 6) is 0.448. The summed E-state index contributed by atoms with van der Waals surface area (Å²) in [6, 6.07) is 1.78. The predicted octanol–water partition coefficient (Wildman–Crippen LogP) is 3.70. The van der Waals surface area contributed by atoms with Gasteiger partial charge in [0.2, 0.25) is 0 Å². The van der Waals surface area contributed by atoms with Gasteiger partial charge in [0.1, 0.15) is 5.15 Å². The number of hydrogen-bond donors (Lipinski definition) is 0. The SMILES string of the molecule is CC(C)(C)c1nc2cc(C(F)(F)F)cc(Cl)n2n1. The summed E-state index contributed by atoms with van der Waals surface area (Å²) in [4.78, 5) is 4.09. The number of hydrogen-bond acceptors (Lipinski definition) is 2. The van der Waals surface area contributed by atoms with Gasteiger partial charge >= 0.3 is 6.18 Å². The van der Waals surface area contributed by atoms with E-state index in [2.05, 4.69) is 10.1 Å². The molecule has 0 amide bonds. The summed E-state index contributed by atoms with van der Waals surface area (Å²) in [6.45, 7) is 5.63. The highest BCUT2D eigenvalue weighted by molar-refractivity contribution is 6.29. The smallest absolute Gasteiger partial charge is 0.211 e. The number of pyridine rings is 1. The quantitative estimate of drug-likeness (QED) is 0.687. The molecule has 3 nitrogen and oxygen atoms in total. The van der Waals surface area contributed by atoms with Crippen LogP contribution < -0.4 is 0 Å². The highest BCUT2D eigenvalue weighted by Gasteiger charge is 2.32. The fourth-order valence-electron chi connectivity index (χ4n) is 1.43. The fraction of sp³-hybridized carbons (Fsp3) is 0.455. The minimum absolute atomic E-state index is 0.0970. The Morgan fingerprint density at radius 1 is 1.17 bits per heavy atom. The molecule has 0 spiro atoms. The summed E-state index contributed by atoms with van der Waals surface area (Å²) in [5, 5.41) is 4.00. The maximum absolute atomic E-state index is 12.6. The van der Waals surface area contributed by atoms with E-state index in [-0.39, 0.29) is 16.2 Å². The molecule has 0 saturated carbocycles. The lowest BCUT2D eigenvalue weighted by atomic mass is 9.96. The Labute approximate surface area is 107 Å². The van der Waals surface area contributed by atoms with Crippen LogP contribution in [0.1, 0.15) is 32.2 Å². The van der Waals surface area contributed by atoms with Crippen molar-refractivity contribution in [2.45, 2.75) is 32.4 Å². The molecule has 0 aliphatic rings. The summed E-state index contributed by atoms with van der Waals surface area (Å²) in [6.07, 6.45) is -4.45. The number of halogens is 4. The molecule has 0 unspecified atom stereocenters. The van der Waals surface area contributed by atoms with Crippen LogP contribution >= 0.6 is 11.6 Å². The van der Waals surface area contributed by atoms with Crippen LogP contribution in [-0.2, 0) is 11.6 Å². The zero-order valence-electron chi connectivity index (χ0n) is 10.0. The molecule has 0 atom stereocenters. The van der Waals surface area contributed by atoms with Crippen molar-refractivity contribution in [3.63, 3.8) is 0 Å². The Morgan fingerprint density at radius 2 is 1.78 bits per heavy atom. The van der Waals surface area contributed by atoms with Gasteiger partial charge in [0.25, 0.3) is 0 Å². The predicted molar refractivity (Wildman–Crippen MR) is 61.7 cm³/mol. The lowest BCUT2D eigenvalue weighted by Gasteiger charge is -2.11. The van der Waals surface area contributed by atoms with E-state index in [0.717, 1.165) is 12.1 Å². The van der Waals surface area contributed by atoms with E-state index < -0.39 is 11.7 Å². The van der Waals surface area contributed by atoms with E-state index in [9.17, 15) is 13.2 Å². The van der Waals surface area contributed by atoms with E-state index in [4.69, 9.17) is 11.6 Å². The first-order valence-electron chi connectivity index (χ1n) is 5.23. The van der Waals surface area contributed by atoms with E-state index in [1.165, 1.54) is 4.52 Å². The Hall–Kier alpha value is -1.30. The Bertz CT molecular complexity index is 596. The van der Waals surface area contributed by atoms with Crippen LogP contribution in [0.2, 0.25) is 5.15 Å². The van der Waals surface area contributed by atoms with Crippen molar-refractivity contribution in [2.24, 2.45) is 0 Å². The topological polar surface area (TPSA) is 30.2 Å². The zero-order valence-corrected chi connectivity index (χ0v) is 10.8. The van der Waals surface area contributed by atoms with Gasteiger partial charge in [0.15, 0.2) is 11.5 Å². The van der Waals surface area contributed by atoms with Crippen LogP contribution in [0.15, 0.2) is 12.1 Å². The van der Waals surface area contributed by atoms with Crippen molar-refractivity contribution >= 4 is 17.2 Å². The first kappa shape index (κ1) is 13.1. The molecule has 2 heterocycles. The summed E-state index contributed by atoms with van der Waals surface area (Å²) < 4.78 is 39.1. The van der Waals surface area contributed by atoms with E-state index in [1.54, 1.807) is 0 Å². The molecule has 0 radical (unpaired) electrons. The third kappa shape index (κ3) is 2.29. The average molecular weight is 278 g/mol. The van der Waals surface area contributed by atoms with Gasteiger partial charge in [-0.15, -0.1) is 5.10 Å². The molecule has 0 saturated heterocycles.